The van der Waals surface area contributed by atoms with Gasteiger partial charge >= 0.3 is 0 Å². The first kappa shape index (κ1) is 9.78. The zero-order valence-electron chi connectivity index (χ0n) is 8.21. The summed E-state index contributed by atoms with van der Waals surface area (Å²) in [6.45, 7) is 8.34. The largest absolute Gasteiger partial charge is 0.491 e. The molecule has 0 spiro atoms. The Balaban J connectivity index is 2.91. The lowest BCUT2D eigenvalue weighted by Crippen LogP contribution is -1.95. The molecule has 0 saturated carbocycles. The molecule has 1 aromatic rings. The van der Waals surface area contributed by atoms with Crippen molar-refractivity contribution in [3.63, 3.8) is 0 Å². The number of nitrogens with zero attached hydrogens (tertiary/aromatic N) is 1. The van der Waals surface area contributed by atoms with E-state index in [9.17, 15) is 0 Å². The number of rotatable bonds is 4. The predicted octanol–water partition coefficient (Wildman–Crippen LogP) is 3.12. The Morgan fingerprint density at radius 2 is 2.23 bits per heavy atom. The number of aliphatic imine (C=N–C) groups is 1. The zero-order chi connectivity index (χ0) is 9.68. The topological polar surface area (TPSA) is 21.6 Å². The van der Waals surface area contributed by atoms with Gasteiger partial charge in [-0.05, 0) is 31.7 Å². The second-order valence-electron chi connectivity index (χ2n) is 2.93. The summed E-state index contributed by atoms with van der Waals surface area (Å²) in [4.78, 5) is 3.95. The molecule has 13 heavy (non-hydrogen) atoms. The summed E-state index contributed by atoms with van der Waals surface area (Å²) in [7, 11) is 0. The Hall–Kier alpha value is -1.31. The first-order chi connectivity index (χ1) is 6.29. The molecule has 0 N–H and O–H groups in total. The lowest BCUT2D eigenvalue weighted by Gasteiger charge is -2.08. The highest BCUT2D eigenvalue weighted by Gasteiger charge is 2.03. The van der Waals surface area contributed by atoms with E-state index in [1.54, 1.807) is 0 Å². The van der Waals surface area contributed by atoms with Crippen LogP contribution in [0.5, 0.6) is 5.75 Å². The minimum atomic E-state index is 0.728. The van der Waals surface area contributed by atoms with Gasteiger partial charge in [0.15, 0.2) is 0 Å². The third kappa shape index (κ3) is 2.31. The second-order valence-corrected chi connectivity index (χ2v) is 2.93. The quantitative estimate of drug-likeness (QED) is 0.647. The van der Waals surface area contributed by atoms with Crippen LogP contribution in [0.15, 0.2) is 23.2 Å². The molecular formula is C11H15NO. The fourth-order valence-electron chi connectivity index (χ4n) is 1.16. The summed E-state index contributed by atoms with van der Waals surface area (Å²) in [6.07, 6.45) is 1.00. The van der Waals surface area contributed by atoms with Crippen LogP contribution in [0, 0.1) is 6.92 Å². The highest BCUT2D eigenvalue weighted by atomic mass is 16.5. The summed E-state index contributed by atoms with van der Waals surface area (Å²) in [5, 5.41) is 0. The number of benzene rings is 1. The van der Waals surface area contributed by atoms with E-state index >= 15 is 0 Å². The molecule has 0 aliphatic carbocycles. The number of hydrogen-bond donors (Lipinski definition) is 0. The zero-order valence-corrected chi connectivity index (χ0v) is 8.21. The van der Waals surface area contributed by atoms with Crippen LogP contribution in [-0.2, 0) is 0 Å². The van der Waals surface area contributed by atoms with Gasteiger partial charge in [-0.15, -0.1) is 0 Å². The van der Waals surface area contributed by atoms with E-state index in [2.05, 4.69) is 18.6 Å². The smallest absolute Gasteiger partial charge is 0.145 e. The van der Waals surface area contributed by atoms with E-state index in [0.717, 1.165) is 30.0 Å². The van der Waals surface area contributed by atoms with Gasteiger partial charge in [0, 0.05) is 0 Å². The van der Waals surface area contributed by atoms with Crippen LogP contribution in [0.25, 0.3) is 0 Å². The molecule has 0 saturated heterocycles. The van der Waals surface area contributed by atoms with Gasteiger partial charge in [-0.25, -0.2) is 0 Å². The molecule has 0 radical (unpaired) electrons. The van der Waals surface area contributed by atoms with Gasteiger partial charge in [-0.3, -0.25) is 4.99 Å². The summed E-state index contributed by atoms with van der Waals surface area (Å²) >= 11 is 0. The van der Waals surface area contributed by atoms with Crippen molar-refractivity contribution >= 4 is 12.4 Å². The Labute approximate surface area is 79.3 Å². The van der Waals surface area contributed by atoms with Crippen molar-refractivity contribution in [2.45, 2.75) is 20.3 Å². The fraction of sp³-hybridized carbons (Fsp3) is 0.364. The van der Waals surface area contributed by atoms with Gasteiger partial charge in [-0.1, -0.05) is 19.1 Å². The molecule has 70 valence electrons. The Morgan fingerprint density at radius 1 is 1.46 bits per heavy atom. The lowest BCUT2D eigenvalue weighted by atomic mass is 10.2. The average molecular weight is 177 g/mol. The monoisotopic (exact) mass is 177 g/mol. The number of para-hydroxylation sites is 1. The van der Waals surface area contributed by atoms with E-state index < -0.39 is 0 Å². The number of aryl methyl sites for hydroxylation is 1. The summed E-state index contributed by atoms with van der Waals surface area (Å²) in [6, 6.07) is 5.89. The van der Waals surface area contributed by atoms with Crippen LogP contribution in [0.1, 0.15) is 18.9 Å². The minimum absolute atomic E-state index is 0.728. The van der Waals surface area contributed by atoms with E-state index in [-0.39, 0.29) is 0 Å². The van der Waals surface area contributed by atoms with Crippen molar-refractivity contribution in [1.82, 2.24) is 0 Å². The van der Waals surface area contributed by atoms with Crippen LogP contribution < -0.4 is 4.74 Å². The first-order valence-electron chi connectivity index (χ1n) is 4.48. The van der Waals surface area contributed by atoms with Crippen molar-refractivity contribution < 1.29 is 4.74 Å². The average Bonchev–Trinajstić information content (AvgIpc) is 2.15. The van der Waals surface area contributed by atoms with Gasteiger partial charge in [0.2, 0.25) is 0 Å². The molecule has 0 unspecified atom stereocenters. The molecule has 0 fully saturated rings. The van der Waals surface area contributed by atoms with Crippen molar-refractivity contribution in [1.29, 1.82) is 0 Å². The molecule has 0 amide bonds. The minimum Gasteiger partial charge on any atom is -0.491 e. The highest BCUT2D eigenvalue weighted by molar-refractivity contribution is 5.60. The molecule has 0 atom stereocenters. The maximum absolute atomic E-state index is 5.52. The van der Waals surface area contributed by atoms with Crippen LogP contribution >= 0.6 is 0 Å². The second kappa shape index (κ2) is 4.65. The maximum Gasteiger partial charge on any atom is 0.145 e. The van der Waals surface area contributed by atoms with Gasteiger partial charge in [0.05, 0.1) is 6.61 Å². The highest BCUT2D eigenvalue weighted by Crippen LogP contribution is 2.30. The summed E-state index contributed by atoms with van der Waals surface area (Å²) in [5.74, 6) is 0.830. The maximum atomic E-state index is 5.52. The van der Waals surface area contributed by atoms with E-state index in [0.29, 0.717) is 0 Å². The Kier molecular flexibility index (Phi) is 3.50. The van der Waals surface area contributed by atoms with Crippen LogP contribution in [0.3, 0.4) is 0 Å². The van der Waals surface area contributed by atoms with E-state index in [1.165, 1.54) is 0 Å². The predicted molar refractivity (Wildman–Crippen MR) is 56.2 cm³/mol. The molecule has 0 aromatic heterocycles. The molecule has 0 aliphatic heterocycles. The Bertz CT molecular complexity index is 294. The van der Waals surface area contributed by atoms with Crippen LogP contribution in [0.4, 0.5) is 5.69 Å². The van der Waals surface area contributed by atoms with Crippen molar-refractivity contribution in [3.8, 4) is 5.75 Å². The molecular weight excluding hydrogens is 162 g/mol. The van der Waals surface area contributed by atoms with Crippen molar-refractivity contribution in [2.24, 2.45) is 4.99 Å². The Morgan fingerprint density at radius 3 is 2.85 bits per heavy atom. The van der Waals surface area contributed by atoms with Crippen molar-refractivity contribution in [3.05, 3.63) is 23.8 Å². The fourth-order valence-corrected chi connectivity index (χ4v) is 1.16. The normalized spacial score (nSPS) is 9.69. The van der Waals surface area contributed by atoms with E-state index in [4.69, 9.17) is 4.74 Å². The third-order valence-electron chi connectivity index (χ3n) is 1.82. The summed E-state index contributed by atoms with van der Waals surface area (Å²) in [5.41, 5.74) is 1.96. The lowest BCUT2D eigenvalue weighted by molar-refractivity contribution is 0.318. The molecule has 1 rings (SSSR count). The molecule has 2 heteroatoms. The van der Waals surface area contributed by atoms with Gasteiger partial charge in [0.25, 0.3) is 0 Å². The van der Waals surface area contributed by atoms with Crippen LogP contribution in [-0.4, -0.2) is 13.3 Å². The molecule has 2 nitrogen and oxygen atoms in total. The molecule has 1 aromatic carbocycles. The number of hydrogen-bond acceptors (Lipinski definition) is 2. The summed E-state index contributed by atoms with van der Waals surface area (Å²) < 4.78 is 5.52. The van der Waals surface area contributed by atoms with Crippen molar-refractivity contribution in [2.75, 3.05) is 6.61 Å². The van der Waals surface area contributed by atoms with Gasteiger partial charge < -0.3 is 4.74 Å². The SMILES string of the molecule is C=Nc1c(C)cccc1OCCC. The van der Waals surface area contributed by atoms with Gasteiger partial charge in [-0.2, -0.15) is 0 Å². The van der Waals surface area contributed by atoms with Crippen LogP contribution in [0.2, 0.25) is 0 Å². The molecule has 0 heterocycles. The first-order valence-corrected chi connectivity index (χ1v) is 4.48. The molecule has 0 aliphatic rings. The third-order valence-corrected chi connectivity index (χ3v) is 1.82. The molecule has 0 bridgehead atoms. The van der Waals surface area contributed by atoms with E-state index in [1.807, 2.05) is 25.1 Å². The van der Waals surface area contributed by atoms with Gasteiger partial charge in [0.1, 0.15) is 11.4 Å². The number of ether oxygens (including phenoxy) is 1. The standard InChI is InChI=1S/C11H15NO/c1-4-8-13-10-7-5-6-9(2)11(10)12-3/h5-7H,3-4,8H2,1-2H3.